The number of carbonyl (C=O) groups excluding carboxylic acids is 1. The molecule has 0 heterocycles. The number of Topliss-reactive ketones (excluding diaryl/α,β-unsaturated/α-hetero) is 1. The highest BCUT2D eigenvalue weighted by atomic mass is 19.1. The highest BCUT2D eigenvalue weighted by Crippen LogP contribution is 2.24. The first-order chi connectivity index (χ1) is 13.7. The highest BCUT2D eigenvalue weighted by Gasteiger charge is 2.18. The van der Waals surface area contributed by atoms with E-state index in [1.807, 2.05) is 39.0 Å². The molecule has 0 bridgehead atoms. The van der Waals surface area contributed by atoms with Crippen LogP contribution in [0.3, 0.4) is 0 Å². The van der Waals surface area contributed by atoms with Gasteiger partial charge in [-0.05, 0) is 68.9 Å². The Labute approximate surface area is 174 Å². The first kappa shape index (κ1) is 26.5. The molecule has 0 fully saturated rings. The minimum Gasteiger partial charge on any atom is -0.512 e. The summed E-state index contributed by atoms with van der Waals surface area (Å²) >= 11 is 0. The maximum atomic E-state index is 12.1. The van der Waals surface area contributed by atoms with E-state index in [-0.39, 0.29) is 29.2 Å². The van der Waals surface area contributed by atoms with Crippen molar-refractivity contribution < 1.29 is 18.7 Å². The molecular formula is C25H34F2O2. The third-order valence-corrected chi connectivity index (χ3v) is 4.65. The maximum Gasteiger partial charge on any atom is 0.132 e. The summed E-state index contributed by atoms with van der Waals surface area (Å²) < 4.78 is 23.6. The number of ketones is 1. The smallest absolute Gasteiger partial charge is 0.132 e. The molecule has 0 amide bonds. The van der Waals surface area contributed by atoms with Crippen LogP contribution in [0.1, 0.15) is 57.2 Å². The van der Waals surface area contributed by atoms with Gasteiger partial charge in [0.2, 0.25) is 0 Å². The van der Waals surface area contributed by atoms with E-state index >= 15 is 0 Å². The van der Waals surface area contributed by atoms with Crippen molar-refractivity contribution in [1.29, 1.82) is 0 Å². The molecule has 1 aromatic carbocycles. The van der Waals surface area contributed by atoms with Crippen LogP contribution in [0.25, 0.3) is 6.08 Å². The lowest BCUT2D eigenvalue weighted by Gasteiger charge is -2.17. The van der Waals surface area contributed by atoms with Crippen LogP contribution in [0.15, 0.2) is 60.9 Å². The van der Waals surface area contributed by atoms with Crippen molar-refractivity contribution in [2.45, 2.75) is 53.9 Å². The minimum absolute atomic E-state index is 0.0114. The summed E-state index contributed by atoms with van der Waals surface area (Å²) in [4.78, 5) is 11.6. The second kappa shape index (κ2) is 14.5. The van der Waals surface area contributed by atoms with E-state index in [0.29, 0.717) is 19.2 Å². The SMILES string of the molecule is C=C/C=C(\C)F.CCC(CC(C)/C(O)=C/c1cc(C/C=C/F)ccc1C)C(C)=O. The summed E-state index contributed by atoms with van der Waals surface area (Å²) in [6, 6.07) is 5.88. The number of carbonyl (C=O) groups is 1. The Morgan fingerprint density at radius 1 is 1.31 bits per heavy atom. The first-order valence-corrected chi connectivity index (χ1v) is 9.86. The van der Waals surface area contributed by atoms with Crippen molar-refractivity contribution >= 4 is 11.9 Å². The monoisotopic (exact) mass is 404 g/mol. The van der Waals surface area contributed by atoms with Gasteiger partial charge in [0.15, 0.2) is 0 Å². The number of aliphatic hydroxyl groups is 1. The number of aryl methyl sites for hydroxylation is 1. The lowest BCUT2D eigenvalue weighted by molar-refractivity contribution is -0.121. The van der Waals surface area contributed by atoms with E-state index in [9.17, 15) is 18.7 Å². The van der Waals surface area contributed by atoms with Gasteiger partial charge in [0.05, 0.1) is 17.9 Å². The van der Waals surface area contributed by atoms with Crippen LogP contribution < -0.4 is 0 Å². The summed E-state index contributed by atoms with van der Waals surface area (Å²) in [7, 11) is 0. The van der Waals surface area contributed by atoms with E-state index in [0.717, 1.165) is 23.1 Å². The lowest BCUT2D eigenvalue weighted by atomic mass is 9.89. The van der Waals surface area contributed by atoms with Crippen molar-refractivity contribution in [3.8, 4) is 0 Å². The van der Waals surface area contributed by atoms with Crippen molar-refractivity contribution in [2.75, 3.05) is 0 Å². The van der Waals surface area contributed by atoms with Crippen LogP contribution in [-0.2, 0) is 11.2 Å². The van der Waals surface area contributed by atoms with Gasteiger partial charge in [0, 0.05) is 11.8 Å². The first-order valence-electron chi connectivity index (χ1n) is 9.86. The second-order valence-electron chi connectivity index (χ2n) is 7.17. The Morgan fingerprint density at radius 3 is 2.41 bits per heavy atom. The molecule has 0 aliphatic heterocycles. The number of allylic oxidation sites excluding steroid dienone is 5. The second-order valence-corrected chi connectivity index (χ2v) is 7.17. The highest BCUT2D eigenvalue weighted by molar-refractivity contribution is 5.78. The van der Waals surface area contributed by atoms with Gasteiger partial charge < -0.3 is 5.11 Å². The summed E-state index contributed by atoms with van der Waals surface area (Å²) in [6.45, 7) is 12.2. The number of aliphatic hydroxyl groups excluding tert-OH is 1. The maximum absolute atomic E-state index is 12.1. The standard InChI is InChI=1S/C20H27FO2.C5H7F/c1-5-18(16(4)22)11-15(3)20(23)13-19-12-17(7-6-10-21)9-8-14(19)2;1-3-4-5(2)6/h6,8-10,12-13,15,18,23H,5,7,11H2,1-4H3;3-4H,1H2,2H3/b10-6+,20-13-;5-4+. The van der Waals surface area contributed by atoms with Crippen LogP contribution >= 0.6 is 0 Å². The van der Waals surface area contributed by atoms with Crippen LogP contribution in [0.5, 0.6) is 0 Å². The summed E-state index contributed by atoms with van der Waals surface area (Å²) in [5, 5.41) is 10.4. The van der Waals surface area contributed by atoms with E-state index in [4.69, 9.17) is 0 Å². The summed E-state index contributed by atoms with van der Waals surface area (Å²) in [5.74, 6) is 0.166. The van der Waals surface area contributed by atoms with Crippen molar-refractivity contribution in [3.63, 3.8) is 0 Å². The Kier molecular flexibility index (Phi) is 13.3. The molecule has 1 aromatic rings. The van der Waals surface area contributed by atoms with Crippen LogP contribution in [0.2, 0.25) is 0 Å². The van der Waals surface area contributed by atoms with Gasteiger partial charge in [-0.15, -0.1) is 0 Å². The zero-order valence-electron chi connectivity index (χ0n) is 18.2. The Hall–Kier alpha value is -2.49. The third kappa shape index (κ3) is 11.2. The zero-order chi connectivity index (χ0) is 22.4. The van der Waals surface area contributed by atoms with Crippen molar-refractivity contribution in [1.82, 2.24) is 0 Å². The topological polar surface area (TPSA) is 37.3 Å². The quantitative estimate of drug-likeness (QED) is 0.340. The third-order valence-electron chi connectivity index (χ3n) is 4.65. The van der Waals surface area contributed by atoms with Gasteiger partial charge in [0.25, 0.3) is 0 Å². The lowest BCUT2D eigenvalue weighted by Crippen LogP contribution is -2.14. The average molecular weight is 405 g/mol. The van der Waals surface area contributed by atoms with Gasteiger partial charge in [-0.25, -0.2) is 8.78 Å². The molecule has 1 rings (SSSR count). The molecule has 0 aliphatic rings. The largest absolute Gasteiger partial charge is 0.512 e. The normalized spacial score (nSPS) is 14.2. The molecule has 160 valence electrons. The molecular weight excluding hydrogens is 370 g/mol. The molecule has 29 heavy (non-hydrogen) atoms. The molecule has 4 heteroatoms. The molecule has 0 saturated carbocycles. The fourth-order valence-corrected chi connectivity index (χ4v) is 2.78. The number of hydrogen-bond donors (Lipinski definition) is 1. The predicted octanol–water partition coefficient (Wildman–Crippen LogP) is 7.61. The predicted molar refractivity (Wildman–Crippen MR) is 119 cm³/mol. The van der Waals surface area contributed by atoms with Gasteiger partial charge in [0.1, 0.15) is 5.78 Å². The van der Waals surface area contributed by atoms with Gasteiger partial charge in [-0.3, -0.25) is 4.79 Å². The summed E-state index contributed by atoms with van der Waals surface area (Å²) in [6.07, 6.45) is 8.44. The molecule has 0 aliphatic carbocycles. The molecule has 2 atom stereocenters. The molecule has 1 N–H and O–H groups in total. The summed E-state index contributed by atoms with van der Waals surface area (Å²) in [5.41, 5.74) is 2.97. The van der Waals surface area contributed by atoms with Crippen molar-refractivity contribution in [3.05, 3.63) is 77.6 Å². The molecule has 0 saturated heterocycles. The van der Waals surface area contributed by atoms with E-state index in [1.165, 1.54) is 25.2 Å². The Bertz CT molecular complexity index is 741. The molecule has 0 radical (unpaired) electrons. The molecule has 2 nitrogen and oxygen atoms in total. The van der Waals surface area contributed by atoms with E-state index < -0.39 is 0 Å². The fraction of sp³-hybridized carbons (Fsp3) is 0.400. The fourth-order valence-electron chi connectivity index (χ4n) is 2.78. The Morgan fingerprint density at radius 2 is 1.97 bits per heavy atom. The number of rotatable bonds is 9. The van der Waals surface area contributed by atoms with Gasteiger partial charge >= 0.3 is 0 Å². The minimum atomic E-state index is -0.204. The van der Waals surface area contributed by atoms with Crippen LogP contribution in [0.4, 0.5) is 8.78 Å². The van der Waals surface area contributed by atoms with Crippen LogP contribution in [0, 0.1) is 18.8 Å². The van der Waals surface area contributed by atoms with Crippen LogP contribution in [-0.4, -0.2) is 10.9 Å². The number of hydrogen-bond acceptors (Lipinski definition) is 2. The van der Waals surface area contributed by atoms with E-state index in [2.05, 4.69) is 6.58 Å². The average Bonchev–Trinajstić information content (AvgIpc) is 2.66. The van der Waals surface area contributed by atoms with Gasteiger partial charge in [-0.1, -0.05) is 50.8 Å². The van der Waals surface area contributed by atoms with Crippen molar-refractivity contribution in [2.24, 2.45) is 11.8 Å². The molecule has 0 aromatic heterocycles. The number of benzene rings is 1. The molecule has 0 spiro atoms. The number of halogens is 2. The Balaban J connectivity index is 0.00000113. The van der Waals surface area contributed by atoms with Gasteiger partial charge in [-0.2, -0.15) is 0 Å². The van der Waals surface area contributed by atoms with E-state index in [1.54, 1.807) is 13.0 Å². The zero-order valence-corrected chi connectivity index (χ0v) is 18.2. The molecule has 2 unspecified atom stereocenters.